The van der Waals surface area contributed by atoms with Crippen molar-refractivity contribution in [2.75, 3.05) is 19.7 Å². The Morgan fingerprint density at radius 3 is 2.62 bits per heavy atom. The number of aliphatic hydroxyl groups is 1. The molecule has 1 fully saturated rings. The maximum Gasteiger partial charge on any atom is 0.126 e. The zero-order valence-corrected chi connectivity index (χ0v) is 9.45. The monoisotopic (exact) mass is 223 g/mol. The summed E-state index contributed by atoms with van der Waals surface area (Å²) in [6, 6.07) is 5.35. The average Bonchev–Trinajstić information content (AvgIpc) is 2.75. The standard InChI is InChI=1S/C13H18FNO/c14-13-9-11(3-4-12(13)5-8-16)10-15-6-1-2-7-15/h3-4,9,16H,1-2,5-8,10H2. The molecule has 1 aliphatic rings. The number of benzene rings is 1. The normalized spacial score (nSPS) is 16.9. The van der Waals surface area contributed by atoms with Gasteiger partial charge in [-0.2, -0.15) is 0 Å². The first-order chi connectivity index (χ1) is 7.79. The summed E-state index contributed by atoms with van der Waals surface area (Å²) in [5, 5.41) is 8.77. The molecule has 1 aromatic rings. The molecule has 1 heterocycles. The van der Waals surface area contributed by atoms with Crippen molar-refractivity contribution in [1.29, 1.82) is 0 Å². The number of rotatable bonds is 4. The third kappa shape index (κ3) is 2.80. The smallest absolute Gasteiger partial charge is 0.126 e. The Kier molecular flexibility index (Phi) is 3.91. The highest BCUT2D eigenvalue weighted by Crippen LogP contribution is 2.16. The molecule has 2 rings (SSSR count). The van der Waals surface area contributed by atoms with Gasteiger partial charge in [-0.1, -0.05) is 12.1 Å². The van der Waals surface area contributed by atoms with E-state index in [4.69, 9.17) is 5.11 Å². The summed E-state index contributed by atoms with van der Waals surface area (Å²) < 4.78 is 13.6. The minimum atomic E-state index is -0.189. The SMILES string of the molecule is OCCc1ccc(CN2CCCC2)cc1F. The number of nitrogens with zero attached hydrogens (tertiary/aromatic N) is 1. The fourth-order valence-electron chi connectivity index (χ4n) is 2.21. The van der Waals surface area contributed by atoms with Crippen LogP contribution in [0.3, 0.4) is 0 Å². The van der Waals surface area contributed by atoms with Crippen molar-refractivity contribution in [3.63, 3.8) is 0 Å². The number of hydrogen-bond donors (Lipinski definition) is 1. The number of likely N-dealkylation sites (tertiary alicyclic amines) is 1. The summed E-state index contributed by atoms with van der Waals surface area (Å²) in [7, 11) is 0. The summed E-state index contributed by atoms with van der Waals surface area (Å²) in [6.07, 6.45) is 2.91. The van der Waals surface area contributed by atoms with Gasteiger partial charge < -0.3 is 5.11 Å². The van der Waals surface area contributed by atoms with Gasteiger partial charge in [0.05, 0.1) is 0 Å². The Balaban J connectivity index is 2.02. The molecule has 0 aromatic heterocycles. The van der Waals surface area contributed by atoms with Crippen LogP contribution in [0.1, 0.15) is 24.0 Å². The number of aliphatic hydroxyl groups excluding tert-OH is 1. The van der Waals surface area contributed by atoms with Crippen molar-refractivity contribution >= 4 is 0 Å². The van der Waals surface area contributed by atoms with Crippen LogP contribution in [0.25, 0.3) is 0 Å². The molecular formula is C13H18FNO. The van der Waals surface area contributed by atoms with Crippen LogP contribution in [0.4, 0.5) is 4.39 Å². The molecule has 88 valence electrons. The van der Waals surface area contributed by atoms with Gasteiger partial charge in [0.15, 0.2) is 0 Å². The van der Waals surface area contributed by atoms with Crippen LogP contribution in [0, 0.1) is 5.82 Å². The van der Waals surface area contributed by atoms with E-state index in [2.05, 4.69) is 4.90 Å². The molecule has 1 aromatic carbocycles. The van der Waals surface area contributed by atoms with Gasteiger partial charge in [-0.3, -0.25) is 4.90 Å². The second-order valence-electron chi connectivity index (χ2n) is 4.38. The maximum atomic E-state index is 13.6. The first kappa shape index (κ1) is 11.6. The third-order valence-corrected chi connectivity index (χ3v) is 3.10. The first-order valence-corrected chi connectivity index (χ1v) is 5.90. The van der Waals surface area contributed by atoms with Crippen LogP contribution in [-0.2, 0) is 13.0 Å². The quantitative estimate of drug-likeness (QED) is 0.843. The van der Waals surface area contributed by atoms with Gasteiger partial charge in [0, 0.05) is 13.2 Å². The largest absolute Gasteiger partial charge is 0.396 e. The predicted octanol–water partition coefficient (Wildman–Crippen LogP) is 1.96. The van der Waals surface area contributed by atoms with Crippen LogP contribution >= 0.6 is 0 Å². The van der Waals surface area contributed by atoms with Gasteiger partial charge in [0.25, 0.3) is 0 Å². The van der Waals surface area contributed by atoms with E-state index in [0.717, 1.165) is 25.2 Å². The van der Waals surface area contributed by atoms with Crippen LogP contribution in [0.5, 0.6) is 0 Å². The van der Waals surface area contributed by atoms with E-state index < -0.39 is 0 Å². The van der Waals surface area contributed by atoms with E-state index in [1.165, 1.54) is 12.8 Å². The molecule has 0 atom stereocenters. The van der Waals surface area contributed by atoms with Crippen molar-refractivity contribution in [2.45, 2.75) is 25.8 Å². The molecule has 1 N–H and O–H groups in total. The molecule has 16 heavy (non-hydrogen) atoms. The third-order valence-electron chi connectivity index (χ3n) is 3.10. The van der Waals surface area contributed by atoms with Crippen molar-refractivity contribution < 1.29 is 9.50 Å². The molecular weight excluding hydrogens is 205 g/mol. The zero-order valence-electron chi connectivity index (χ0n) is 9.45. The Hall–Kier alpha value is -0.930. The summed E-state index contributed by atoms with van der Waals surface area (Å²) in [4.78, 5) is 2.35. The molecule has 1 aliphatic heterocycles. The summed E-state index contributed by atoms with van der Waals surface area (Å²) >= 11 is 0. The van der Waals surface area contributed by atoms with Crippen molar-refractivity contribution in [2.24, 2.45) is 0 Å². The van der Waals surface area contributed by atoms with E-state index in [0.29, 0.717) is 12.0 Å². The highest BCUT2D eigenvalue weighted by molar-refractivity contribution is 5.24. The molecule has 0 radical (unpaired) electrons. The van der Waals surface area contributed by atoms with Crippen molar-refractivity contribution in [3.05, 3.63) is 35.1 Å². The number of hydrogen-bond acceptors (Lipinski definition) is 2. The molecule has 0 unspecified atom stereocenters. The summed E-state index contributed by atoms with van der Waals surface area (Å²) in [5.74, 6) is -0.189. The second-order valence-corrected chi connectivity index (χ2v) is 4.38. The van der Waals surface area contributed by atoms with Gasteiger partial charge in [-0.05, 0) is 49.5 Å². The Bertz CT molecular complexity index is 348. The van der Waals surface area contributed by atoms with Gasteiger partial charge in [0.2, 0.25) is 0 Å². The lowest BCUT2D eigenvalue weighted by Gasteiger charge is -2.15. The van der Waals surface area contributed by atoms with Crippen molar-refractivity contribution in [3.8, 4) is 0 Å². The lowest BCUT2D eigenvalue weighted by molar-refractivity contribution is 0.297. The highest BCUT2D eigenvalue weighted by Gasteiger charge is 2.12. The predicted molar refractivity (Wildman–Crippen MR) is 61.7 cm³/mol. The van der Waals surface area contributed by atoms with Gasteiger partial charge in [-0.25, -0.2) is 4.39 Å². The lowest BCUT2D eigenvalue weighted by atomic mass is 10.1. The maximum absolute atomic E-state index is 13.6. The molecule has 3 heteroatoms. The zero-order chi connectivity index (χ0) is 11.4. The summed E-state index contributed by atoms with van der Waals surface area (Å²) in [6.45, 7) is 3.10. The Labute approximate surface area is 95.7 Å². The van der Waals surface area contributed by atoms with Gasteiger partial charge >= 0.3 is 0 Å². The van der Waals surface area contributed by atoms with E-state index in [1.54, 1.807) is 12.1 Å². The minimum absolute atomic E-state index is 0.00237. The average molecular weight is 223 g/mol. The van der Waals surface area contributed by atoms with Crippen LogP contribution in [-0.4, -0.2) is 29.7 Å². The van der Waals surface area contributed by atoms with E-state index in [1.807, 2.05) is 6.07 Å². The number of halogens is 1. The van der Waals surface area contributed by atoms with Gasteiger partial charge in [0.1, 0.15) is 5.82 Å². The topological polar surface area (TPSA) is 23.5 Å². The Morgan fingerprint density at radius 2 is 2.00 bits per heavy atom. The minimum Gasteiger partial charge on any atom is -0.396 e. The molecule has 0 bridgehead atoms. The fraction of sp³-hybridized carbons (Fsp3) is 0.538. The van der Waals surface area contributed by atoms with Crippen LogP contribution in [0.15, 0.2) is 18.2 Å². The molecule has 0 spiro atoms. The van der Waals surface area contributed by atoms with E-state index >= 15 is 0 Å². The van der Waals surface area contributed by atoms with Crippen LogP contribution < -0.4 is 0 Å². The molecule has 0 saturated carbocycles. The summed E-state index contributed by atoms with van der Waals surface area (Å²) in [5.41, 5.74) is 1.63. The molecule has 0 amide bonds. The second kappa shape index (κ2) is 5.41. The first-order valence-electron chi connectivity index (χ1n) is 5.90. The van der Waals surface area contributed by atoms with E-state index in [9.17, 15) is 4.39 Å². The lowest BCUT2D eigenvalue weighted by Crippen LogP contribution is -2.18. The molecule has 0 aliphatic carbocycles. The van der Waals surface area contributed by atoms with Crippen LogP contribution in [0.2, 0.25) is 0 Å². The highest BCUT2D eigenvalue weighted by atomic mass is 19.1. The molecule has 1 saturated heterocycles. The van der Waals surface area contributed by atoms with E-state index in [-0.39, 0.29) is 12.4 Å². The van der Waals surface area contributed by atoms with Crippen molar-refractivity contribution in [1.82, 2.24) is 4.90 Å². The molecule has 2 nitrogen and oxygen atoms in total. The van der Waals surface area contributed by atoms with Gasteiger partial charge in [-0.15, -0.1) is 0 Å². The Morgan fingerprint density at radius 1 is 1.25 bits per heavy atom. The fourth-order valence-corrected chi connectivity index (χ4v) is 2.21.